The van der Waals surface area contributed by atoms with Gasteiger partial charge in [-0.25, -0.2) is 18.9 Å². The van der Waals surface area contributed by atoms with Gasteiger partial charge in [-0.05, 0) is 44.4 Å². The largest absolute Gasteiger partial charge is 0.337 e. The first kappa shape index (κ1) is 25.1. The predicted octanol–water partition coefficient (Wildman–Crippen LogP) is 4.35. The van der Waals surface area contributed by atoms with Crippen LogP contribution in [0.1, 0.15) is 37.1 Å². The zero-order chi connectivity index (χ0) is 27.1. The number of hydrogen-bond donors (Lipinski definition) is 3. The van der Waals surface area contributed by atoms with Gasteiger partial charge in [0, 0.05) is 24.8 Å². The fourth-order valence-electron chi connectivity index (χ4n) is 5.30. The summed E-state index contributed by atoms with van der Waals surface area (Å²) in [6.07, 6.45) is 5.92. The molecule has 3 N–H and O–H groups in total. The van der Waals surface area contributed by atoms with Crippen molar-refractivity contribution in [1.82, 2.24) is 40.2 Å². The molecule has 0 aliphatic carbocycles. The van der Waals surface area contributed by atoms with E-state index in [2.05, 4.69) is 40.8 Å². The molecule has 13 heteroatoms. The molecule has 0 radical (unpaired) electrons. The number of hydrogen-bond acceptors (Lipinski definition) is 7. The highest BCUT2D eigenvalue weighted by Gasteiger charge is 2.43. The quantitative estimate of drug-likeness (QED) is 0.326. The number of halogens is 2. The van der Waals surface area contributed by atoms with E-state index in [0.29, 0.717) is 35.7 Å². The second-order valence-electron chi connectivity index (χ2n) is 9.99. The maximum Gasteiger partial charge on any atom is 0.318 e. The van der Waals surface area contributed by atoms with Crippen LogP contribution in [0.4, 0.5) is 26.8 Å². The van der Waals surface area contributed by atoms with Crippen LogP contribution in [0.15, 0.2) is 48.9 Å². The number of aromatic nitrogens is 6. The van der Waals surface area contributed by atoms with Crippen molar-refractivity contribution in [1.29, 1.82) is 0 Å². The lowest BCUT2D eigenvalue weighted by Crippen LogP contribution is -2.58. The van der Waals surface area contributed by atoms with Crippen LogP contribution < -0.4 is 15.5 Å². The number of benzene rings is 1. The summed E-state index contributed by atoms with van der Waals surface area (Å²) in [5, 5.41) is 17.8. The lowest BCUT2D eigenvalue weighted by molar-refractivity contribution is 0.159. The van der Waals surface area contributed by atoms with Gasteiger partial charge in [0.15, 0.2) is 17.5 Å². The summed E-state index contributed by atoms with van der Waals surface area (Å²) < 4.78 is 14.8. The monoisotopic (exact) mass is 550 g/mol. The predicted molar refractivity (Wildman–Crippen MR) is 145 cm³/mol. The Labute approximate surface area is 229 Å². The van der Waals surface area contributed by atoms with E-state index in [1.807, 2.05) is 49.1 Å². The molecule has 2 saturated heterocycles. The highest BCUT2D eigenvalue weighted by Crippen LogP contribution is 2.33. The molecule has 202 valence electrons. The van der Waals surface area contributed by atoms with Crippen molar-refractivity contribution in [3.63, 3.8) is 0 Å². The normalized spacial score (nSPS) is 19.3. The summed E-state index contributed by atoms with van der Waals surface area (Å²) in [4.78, 5) is 26.6. The SMILES string of the molecule is Cc1cc(Nc2nc(N3C[C@H]4CC[C@@H](C3)N4C(=O)N[C@@H](C)c3ccc(-n4cc(F)cn4)cc3)ncc2Cl)n[nH]1. The van der Waals surface area contributed by atoms with Gasteiger partial charge in [0.25, 0.3) is 0 Å². The highest BCUT2D eigenvalue weighted by atomic mass is 35.5. The van der Waals surface area contributed by atoms with E-state index in [0.717, 1.165) is 29.8 Å². The molecular weight excluding hydrogens is 523 g/mol. The molecule has 0 saturated carbocycles. The van der Waals surface area contributed by atoms with Gasteiger partial charge in [0.05, 0.1) is 42.4 Å². The van der Waals surface area contributed by atoms with E-state index >= 15 is 0 Å². The van der Waals surface area contributed by atoms with Crippen LogP contribution in [0.5, 0.6) is 0 Å². The fourth-order valence-corrected chi connectivity index (χ4v) is 5.44. The number of aromatic amines is 1. The van der Waals surface area contributed by atoms with Gasteiger partial charge in [0.2, 0.25) is 5.95 Å². The van der Waals surface area contributed by atoms with Crippen LogP contribution in [-0.2, 0) is 0 Å². The Morgan fingerprint density at radius 1 is 1.18 bits per heavy atom. The molecule has 39 heavy (non-hydrogen) atoms. The highest BCUT2D eigenvalue weighted by molar-refractivity contribution is 6.32. The minimum Gasteiger partial charge on any atom is -0.337 e. The van der Waals surface area contributed by atoms with E-state index in [4.69, 9.17) is 11.6 Å². The molecule has 2 aliphatic rings. The number of aryl methyl sites for hydroxylation is 1. The first-order valence-corrected chi connectivity index (χ1v) is 13.2. The molecule has 5 heterocycles. The Bertz CT molecular complexity index is 1470. The lowest BCUT2D eigenvalue weighted by Gasteiger charge is -2.41. The standard InChI is InChI=1S/C26H28ClFN10O/c1-15-9-23(35-34-15)32-24-22(27)11-29-25(33-24)36-13-20-7-8-21(14-36)38(20)26(39)31-16(2)17-3-5-19(6-4-17)37-12-18(28)10-30-37/h3-6,9-12,16,20-21H,7-8,13-14H2,1-2H3,(H,31,39)(H2,29,32,33,34,35)/t16-,20-,21+/m0/s1. The summed E-state index contributed by atoms with van der Waals surface area (Å²) in [7, 11) is 0. The number of anilines is 3. The molecule has 2 aliphatic heterocycles. The van der Waals surface area contributed by atoms with Crippen LogP contribution in [0.25, 0.3) is 5.69 Å². The molecule has 0 unspecified atom stereocenters. The number of amides is 2. The maximum absolute atomic E-state index is 13.4. The molecule has 6 rings (SSSR count). The summed E-state index contributed by atoms with van der Waals surface area (Å²) in [6.45, 7) is 5.14. The second-order valence-corrected chi connectivity index (χ2v) is 10.4. The van der Waals surface area contributed by atoms with Gasteiger partial charge >= 0.3 is 6.03 Å². The molecular formula is C26H28ClFN10O. The molecule has 0 spiro atoms. The van der Waals surface area contributed by atoms with E-state index in [1.54, 1.807) is 6.20 Å². The second kappa shape index (κ2) is 10.2. The number of fused-ring (bicyclic) bond motifs is 2. The summed E-state index contributed by atoms with van der Waals surface area (Å²) in [5.41, 5.74) is 2.62. The summed E-state index contributed by atoms with van der Waals surface area (Å²) >= 11 is 6.34. The van der Waals surface area contributed by atoms with E-state index in [9.17, 15) is 9.18 Å². The molecule has 2 fully saturated rings. The molecule has 2 amide bonds. The van der Waals surface area contributed by atoms with Crippen LogP contribution in [0.3, 0.4) is 0 Å². The Hall–Kier alpha value is -4.19. The molecule has 4 aromatic rings. The van der Waals surface area contributed by atoms with Crippen LogP contribution >= 0.6 is 11.6 Å². The molecule has 1 aromatic carbocycles. The Morgan fingerprint density at radius 3 is 2.56 bits per heavy atom. The molecule has 11 nitrogen and oxygen atoms in total. The lowest BCUT2D eigenvalue weighted by atomic mass is 10.1. The van der Waals surface area contributed by atoms with Crippen molar-refractivity contribution >= 4 is 35.2 Å². The van der Waals surface area contributed by atoms with E-state index in [1.165, 1.54) is 17.1 Å². The topological polar surface area (TPSA) is 120 Å². The molecule has 3 aromatic heterocycles. The van der Waals surface area contributed by atoms with E-state index < -0.39 is 5.82 Å². The van der Waals surface area contributed by atoms with Crippen molar-refractivity contribution in [3.8, 4) is 5.69 Å². The molecule has 3 atom stereocenters. The Morgan fingerprint density at radius 2 is 1.92 bits per heavy atom. The number of carbonyl (C=O) groups excluding carboxylic acids is 1. The van der Waals surface area contributed by atoms with Gasteiger partial charge in [0.1, 0.15) is 5.02 Å². The van der Waals surface area contributed by atoms with Crippen molar-refractivity contribution in [3.05, 3.63) is 71.0 Å². The number of nitrogens with one attached hydrogen (secondary N) is 3. The summed E-state index contributed by atoms with van der Waals surface area (Å²) in [5.74, 6) is 1.28. The molecule has 2 bridgehead atoms. The van der Waals surface area contributed by atoms with Gasteiger partial charge in [-0.2, -0.15) is 15.2 Å². The van der Waals surface area contributed by atoms with Gasteiger partial charge in [-0.15, -0.1) is 0 Å². The van der Waals surface area contributed by atoms with E-state index in [-0.39, 0.29) is 24.2 Å². The van der Waals surface area contributed by atoms with Crippen molar-refractivity contribution in [2.45, 2.75) is 44.8 Å². The summed E-state index contributed by atoms with van der Waals surface area (Å²) in [6, 6.07) is 9.24. The smallest absolute Gasteiger partial charge is 0.318 e. The zero-order valence-corrected chi connectivity index (χ0v) is 22.2. The van der Waals surface area contributed by atoms with Gasteiger partial charge in [-0.1, -0.05) is 23.7 Å². The first-order valence-electron chi connectivity index (χ1n) is 12.8. The number of H-pyrrole nitrogens is 1. The third-order valence-corrected chi connectivity index (χ3v) is 7.51. The third kappa shape index (κ3) is 5.11. The average molecular weight is 551 g/mol. The van der Waals surface area contributed by atoms with Crippen molar-refractivity contribution in [2.24, 2.45) is 0 Å². The van der Waals surface area contributed by atoms with Crippen molar-refractivity contribution in [2.75, 3.05) is 23.3 Å². The Balaban J connectivity index is 1.10. The number of carbonyl (C=O) groups is 1. The number of rotatable bonds is 6. The van der Waals surface area contributed by atoms with Crippen LogP contribution in [0, 0.1) is 12.7 Å². The first-order chi connectivity index (χ1) is 18.8. The third-order valence-electron chi connectivity index (χ3n) is 7.23. The van der Waals surface area contributed by atoms with Crippen LogP contribution in [-0.4, -0.2) is 66.1 Å². The minimum atomic E-state index is -0.391. The number of urea groups is 1. The zero-order valence-electron chi connectivity index (χ0n) is 21.5. The number of nitrogens with zero attached hydrogens (tertiary/aromatic N) is 7. The van der Waals surface area contributed by atoms with Crippen LogP contribution in [0.2, 0.25) is 5.02 Å². The van der Waals surface area contributed by atoms with Gasteiger partial charge in [-0.3, -0.25) is 5.10 Å². The minimum absolute atomic E-state index is 0.0534. The maximum atomic E-state index is 13.4. The van der Waals surface area contributed by atoms with Crippen molar-refractivity contribution < 1.29 is 9.18 Å². The fraction of sp³-hybridized carbons (Fsp3) is 0.346. The average Bonchev–Trinajstić information content (AvgIpc) is 3.62. The number of piperazine rings is 1. The Kier molecular flexibility index (Phi) is 6.55. The van der Waals surface area contributed by atoms with Gasteiger partial charge < -0.3 is 20.4 Å².